The number of hydrogen-bond donors (Lipinski definition) is 0. The van der Waals surface area contributed by atoms with Crippen molar-refractivity contribution in [3.05, 3.63) is 0 Å². The maximum absolute atomic E-state index is 2.46. The van der Waals surface area contributed by atoms with E-state index >= 15 is 0 Å². The summed E-state index contributed by atoms with van der Waals surface area (Å²) in [5.41, 5.74) is 0. The Labute approximate surface area is 95.8 Å². The van der Waals surface area contributed by atoms with Crippen molar-refractivity contribution >= 4 is 0 Å². The molecule has 0 radical (unpaired) electrons. The molecule has 2 rings (SSSR count). The van der Waals surface area contributed by atoms with Crippen molar-refractivity contribution in [2.75, 3.05) is 0 Å². The van der Waals surface area contributed by atoms with Gasteiger partial charge in [0.05, 0.1) is 0 Å². The highest BCUT2D eigenvalue weighted by atomic mass is 14.4. The highest BCUT2D eigenvalue weighted by molar-refractivity contribution is 4.83. The van der Waals surface area contributed by atoms with Crippen LogP contribution in [-0.2, 0) is 0 Å². The maximum atomic E-state index is 2.46. The molecule has 0 amide bonds. The van der Waals surface area contributed by atoms with E-state index in [0.717, 1.165) is 23.7 Å². The van der Waals surface area contributed by atoms with E-state index in [2.05, 4.69) is 13.8 Å². The summed E-state index contributed by atoms with van der Waals surface area (Å²) in [6.45, 7) is 4.78. The molecule has 0 bridgehead atoms. The zero-order valence-corrected chi connectivity index (χ0v) is 10.7. The molecule has 0 N–H and O–H groups in total. The van der Waals surface area contributed by atoms with Gasteiger partial charge in [-0.1, -0.05) is 52.4 Å². The van der Waals surface area contributed by atoms with E-state index in [1.165, 1.54) is 32.1 Å². The minimum atomic E-state index is 1.06. The minimum Gasteiger partial charge on any atom is -0.0654 e. The second-order valence-electron chi connectivity index (χ2n) is 6.24. The largest absolute Gasteiger partial charge is 0.0654 e. The molecule has 0 heterocycles. The lowest BCUT2D eigenvalue weighted by molar-refractivity contribution is 0.156. The molecule has 0 nitrogen and oxygen atoms in total. The van der Waals surface area contributed by atoms with Crippen LogP contribution in [0.25, 0.3) is 0 Å². The van der Waals surface area contributed by atoms with Gasteiger partial charge in [0.2, 0.25) is 0 Å². The molecule has 0 aromatic heterocycles. The van der Waals surface area contributed by atoms with E-state index in [0.29, 0.717) is 0 Å². The standard InChI is InChI=1S/C15H28/c1-3-4-5-13-7-8-14(10-13)11-15-9-6-12(15)2/h12-15H,3-11H2,1-2H3. The van der Waals surface area contributed by atoms with Gasteiger partial charge in [-0.05, 0) is 42.9 Å². The fourth-order valence-corrected chi connectivity index (χ4v) is 3.66. The van der Waals surface area contributed by atoms with Gasteiger partial charge in [0.25, 0.3) is 0 Å². The van der Waals surface area contributed by atoms with E-state index < -0.39 is 0 Å². The summed E-state index contributed by atoms with van der Waals surface area (Å²) >= 11 is 0. The molecule has 2 aliphatic rings. The Hall–Kier alpha value is 0. The Kier molecular flexibility index (Phi) is 4.11. The second-order valence-corrected chi connectivity index (χ2v) is 6.24. The monoisotopic (exact) mass is 208 g/mol. The quantitative estimate of drug-likeness (QED) is 0.594. The maximum Gasteiger partial charge on any atom is -0.0386 e. The van der Waals surface area contributed by atoms with Gasteiger partial charge in [-0.25, -0.2) is 0 Å². The summed E-state index contributed by atoms with van der Waals surface area (Å²) in [5.74, 6) is 4.38. The zero-order valence-electron chi connectivity index (χ0n) is 10.7. The lowest BCUT2D eigenvalue weighted by atomic mass is 9.70. The fourth-order valence-electron chi connectivity index (χ4n) is 3.66. The lowest BCUT2D eigenvalue weighted by Crippen LogP contribution is -2.24. The smallest absolute Gasteiger partial charge is 0.0386 e. The summed E-state index contributed by atoms with van der Waals surface area (Å²) in [7, 11) is 0. The van der Waals surface area contributed by atoms with Crippen LogP contribution in [0.4, 0.5) is 0 Å². The summed E-state index contributed by atoms with van der Waals surface area (Å²) in [4.78, 5) is 0. The van der Waals surface area contributed by atoms with Crippen LogP contribution in [0.1, 0.15) is 71.6 Å². The van der Waals surface area contributed by atoms with Crippen LogP contribution < -0.4 is 0 Å². The van der Waals surface area contributed by atoms with E-state index in [1.807, 2.05) is 0 Å². The molecule has 0 spiro atoms. The van der Waals surface area contributed by atoms with Crippen LogP contribution in [0.5, 0.6) is 0 Å². The second kappa shape index (κ2) is 5.37. The van der Waals surface area contributed by atoms with Gasteiger partial charge in [-0.2, -0.15) is 0 Å². The van der Waals surface area contributed by atoms with Crippen molar-refractivity contribution in [1.29, 1.82) is 0 Å². The predicted molar refractivity (Wildman–Crippen MR) is 66.9 cm³/mol. The van der Waals surface area contributed by atoms with Crippen molar-refractivity contribution in [2.24, 2.45) is 23.7 Å². The first kappa shape index (κ1) is 11.5. The van der Waals surface area contributed by atoms with Gasteiger partial charge in [0.15, 0.2) is 0 Å². The molecule has 0 aliphatic heterocycles. The Balaban J connectivity index is 1.64. The van der Waals surface area contributed by atoms with Crippen LogP contribution in [0.2, 0.25) is 0 Å². The average molecular weight is 208 g/mol. The molecular formula is C15H28. The highest BCUT2D eigenvalue weighted by Gasteiger charge is 2.32. The molecule has 0 aromatic carbocycles. The predicted octanol–water partition coefficient (Wildman–Crippen LogP) is 5.03. The summed E-state index contributed by atoms with van der Waals surface area (Å²) in [6.07, 6.45) is 13.7. The van der Waals surface area contributed by atoms with Crippen molar-refractivity contribution in [1.82, 2.24) is 0 Å². The molecule has 88 valence electrons. The van der Waals surface area contributed by atoms with Crippen LogP contribution in [0, 0.1) is 23.7 Å². The molecule has 2 aliphatic carbocycles. The highest BCUT2D eigenvalue weighted by Crippen LogP contribution is 2.44. The summed E-state index contributed by atoms with van der Waals surface area (Å²) in [6, 6.07) is 0. The number of hydrogen-bond acceptors (Lipinski definition) is 0. The van der Waals surface area contributed by atoms with E-state index in [9.17, 15) is 0 Å². The summed E-state index contributed by atoms with van der Waals surface area (Å²) < 4.78 is 0. The molecular weight excluding hydrogens is 180 g/mol. The molecule has 15 heavy (non-hydrogen) atoms. The lowest BCUT2D eigenvalue weighted by Gasteiger charge is -2.35. The van der Waals surface area contributed by atoms with Crippen molar-refractivity contribution < 1.29 is 0 Å². The van der Waals surface area contributed by atoms with Crippen LogP contribution in [-0.4, -0.2) is 0 Å². The summed E-state index contributed by atoms with van der Waals surface area (Å²) in [5, 5.41) is 0. The molecule has 0 saturated heterocycles. The fraction of sp³-hybridized carbons (Fsp3) is 1.00. The molecule has 4 unspecified atom stereocenters. The molecule has 2 saturated carbocycles. The first-order chi connectivity index (χ1) is 7.29. The van der Waals surface area contributed by atoms with Crippen LogP contribution >= 0.6 is 0 Å². The normalized spacial score (nSPS) is 40.4. The third-order valence-electron chi connectivity index (χ3n) is 5.05. The molecule has 0 aromatic rings. The number of rotatable bonds is 5. The van der Waals surface area contributed by atoms with E-state index in [4.69, 9.17) is 0 Å². The first-order valence-corrected chi connectivity index (χ1v) is 7.29. The van der Waals surface area contributed by atoms with E-state index in [1.54, 1.807) is 25.7 Å². The topological polar surface area (TPSA) is 0 Å². The van der Waals surface area contributed by atoms with Gasteiger partial charge in [-0.15, -0.1) is 0 Å². The first-order valence-electron chi connectivity index (χ1n) is 7.29. The number of unbranched alkanes of at least 4 members (excludes halogenated alkanes) is 1. The van der Waals surface area contributed by atoms with Gasteiger partial charge < -0.3 is 0 Å². The Morgan fingerprint density at radius 1 is 1.00 bits per heavy atom. The van der Waals surface area contributed by atoms with Gasteiger partial charge in [0, 0.05) is 0 Å². The van der Waals surface area contributed by atoms with Crippen LogP contribution in [0.3, 0.4) is 0 Å². The minimum absolute atomic E-state index is 1.06. The van der Waals surface area contributed by atoms with Gasteiger partial charge >= 0.3 is 0 Å². The Morgan fingerprint density at radius 3 is 2.40 bits per heavy atom. The van der Waals surface area contributed by atoms with Crippen molar-refractivity contribution in [3.63, 3.8) is 0 Å². The SMILES string of the molecule is CCCCC1CCC(CC2CCC2C)C1. The zero-order chi connectivity index (χ0) is 10.7. The Morgan fingerprint density at radius 2 is 1.80 bits per heavy atom. The third-order valence-corrected chi connectivity index (χ3v) is 5.05. The van der Waals surface area contributed by atoms with Gasteiger partial charge in [-0.3, -0.25) is 0 Å². The molecule has 2 fully saturated rings. The average Bonchev–Trinajstić information content (AvgIpc) is 2.69. The van der Waals surface area contributed by atoms with Crippen LogP contribution in [0.15, 0.2) is 0 Å². The molecule has 0 heteroatoms. The third kappa shape index (κ3) is 2.98. The van der Waals surface area contributed by atoms with Crippen molar-refractivity contribution in [3.8, 4) is 0 Å². The van der Waals surface area contributed by atoms with E-state index in [-0.39, 0.29) is 0 Å². The molecule has 4 atom stereocenters. The Bertz CT molecular complexity index is 184. The van der Waals surface area contributed by atoms with Gasteiger partial charge in [0.1, 0.15) is 0 Å². The van der Waals surface area contributed by atoms with Crippen molar-refractivity contribution in [2.45, 2.75) is 71.6 Å².